The highest BCUT2D eigenvalue weighted by molar-refractivity contribution is 7.99. The molecule has 0 saturated carbocycles. The predicted octanol–water partition coefficient (Wildman–Crippen LogP) is 4.03. The SMILES string of the molecule is CC(C)SCCCCN(C(C)C)C(C)C. The topological polar surface area (TPSA) is 3.24 Å². The van der Waals surface area contributed by atoms with E-state index in [9.17, 15) is 0 Å². The van der Waals surface area contributed by atoms with Gasteiger partial charge in [-0.2, -0.15) is 11.8 Å². The first-order valence-electron chi connectivity index (χ1n) is 6.32. The summed E-state index contributed by atoms with van der Waals surface area (Å²) in [6, 6.07) is 1.37. The number of unbranched alkanes of at least 4 members (excludes halogenated alkanes) is 1. The van der Waals surface area contributed by atoms with Crippen LogP contribution in [0.5, 0.6) is 0 Å². The highest BCUT2D eigenvalue weighted by Gasteiger charge is 2.11. The van der Waals surface area contributed by atoms with Crippen molar-refractivity contribution in [1.29, 1.82) is 0 Å². The lowest BCUT2D eigenvalue weighted by molar-refractivity contribution is 0.172. The maximum atomic E-state index is 2.58. The minimum atomic E-state index is 0.683. The van der Waals surface area contributed by atoms with Crippen LogP contribution in [0.25, 0.3) is 0 Å². The van der Waals surface area contributed by atoms with Gasteiger partial charge in [-0.25, -0.2) is 0 Å². The zero-order valence-corrected chi connectivity index (χ0v) is 12.2. The Morgan fingerprint density at radius 3 is 1.80 bits per heavy atom. The molecule has 0 aromatic carbocycles. The molecule has 0 amide bonds. The van der Waals surface area contributed by atoms with Crippen molar-refractivity contribution in [1.82, 2.24) is 4.90 Å². The zero-order valence-electron chi connectivity index (χ0n) is 11.4. The highest BCUT2D eigenvalue weighted by Crippen LogP contribution is 2.13. The third-order valence-electron chi connectivity index (χ3n) is 2.59. The van der Waals surface area contributed by atoms with Gasteiger partial charge in [0, 0.05) is 12.1 Å². The van der Waals surface area contributed by atoms with Gasteiger partial charge in [-0.3, -0.25) is 4.90 Å². The second kappa shape index (κ2) is 8.46. The van der Waals surface area contributed by atoms with Gasteiger partial charge in [-0.1, -0.05) is 13.8 Å². The molecule has 0 radical (unpaired) electrons. The predicted molar refractivity (Wildman–Crippen MR) is 73.8 cm³/mol. The standard InChI is InChI=1S/C13H29NS/c1-11(2)14(12(3)4)9-7-8-10-15-13(5)6/h11-13H,7-10H2,1-6H3. The molecule has 0 bridgehead atoms. The number of hydrogen-bond acceptors (Lipinski definition) is 2. The van der Waals surface area contributed by atoms with Crippen molar-refractivity contribution < 1.29 is 0 Å². The van der Waals surface area contributed by atoms with E-state index < -0.39 is 0 Å². The van der Waals surface area contributed by atoms with Crippen LogP contribution in [0.4, 0.5) is 0 Å². The first-order chi connectivity index (χ1) is 6.95. The van der Waals surface area contributed by atoms with Crippen LogP contribution in [0.1, 0.15) is 54.4 Å². The molecule has 0 atom stereocenters. The lowest BCUT2D eigenvalue weighted by Crippen LogP contribution is -2.37. The number of rotatable bonds is 8. The monoisotopic (exact) mass is 231 g/mol. The Morgan fingerprint density at radius 1 is 0.867 bits per heavy atom. The summed E-state index contributed by atoms with van der Waals surface area (Å²) in [7, 11) is 0. The third kappa shape index (κ3) is 8.15. The fraction of sp³-hybridized carbons (Fsp3) is 1.00. The molecule has 0 aliphatic heterocycles. The summed E-state index contributed by atoms with van der Waals surface area (Å²) in [4.78, 5) is 2.58. The van der Waals surface area contributed by atoms with E-state index in [0.29, 0.717) is 12.1 Å². The molecule has 2 heteroatoms. The molecule has 0 heterocycles. The molecule has 0 aliphatic carbocycles. The molecule has 15 heavy (non-hydrogen) atoms. The maximum absolute atomic E-state index is 2.58. The minimum Gasteiger partial charge on any atom is -0.299 e. The van der Waals surface area contributed by atoms with Crippen LogP contribution in [-0.4, -0.2) is 34.5 Å². The Hall–Kier alpha value is 0.310. The van der Waals surface area contributed by atoms with Crippen molar-refractivity contribution in [3.05, 3.63) is 0 Å². The number of hydrogen-bond donors (Lipinski definition) is 0. The summed E-state index contributed by atoms with van der Waals surface area (Å²) < 4.78 is 0. The normalized spacial score (nSPS) is 12.4. The minimum absolute atomic E-state index is 0.683. The van der Waals surface area contributed by atoms with Gasteiger partial charge in [-0.15, -0.1) is 0 Å². The van der Waals surface area contributed by atoms with Crippen LogP contribution in [0, 0.1) is 0 Å². The highest BCUT2D eigenvalue weighted by atomic mass is 32.2. The van der Waals surface area contributed by atoms with Crippen molar-refractivity contribution in [3.8, 4) is 0 Å². The van der Waals surface area contributed by atoms with Gasteiger partial charge < -0.3 is 0 Å². The average molecular weight is 231 g/mol. The van der Waals surface area contributed by atoms with E-state index in [1.165, 1.54) is 25.1 Å². The molecule has 0 saturated heterocycles. The molecule has 0 rings (SSSR count). The first-order valence-corrected chi connectivity index (χ1v) is 7.37. The lowest BCUT2D eigenvalue weighted by atomic mass is 10.2. The molecular formula is C13H29NS. The summed E-state index contributed by atoms with van der Waals surface area (Å²) in [5.74, 6) is 1.32. The van der Waals surface area contributed by atoms with Gasteiger partial charge in [0.1, 0.15) is 0 Å². The van der Waals surface area contributed by atoms with Gasteiger partial charge in [0.25, 0.3) is 0 Å². The maximum Gasteiger partial charge on any atom is 0.00412 e. The molecule has 0 fully saturated rings. The van der Waals surface area contributed by atoms with Crippen molar-refractivity contribution >= 4 is 11.8 Å². The second-order valence-electron chi connectivity index (χ2n) is 5.05. The fourth-order valence-electron chi connectivity index (χ4n) is 1.83. The van der Waals surface area contributed by atoms with Crippen molar-refractivity contribution in [2.45, 2.75) is 71.7 Å². The average Bonchev–Trinajstić information content (AvgIpc) is 2.08. The van der Waals surface area contributed by atoms with E-state index in [1.807, 2.05) is 0 Å². The smallest absolute Gasteiger partial charge is 0.00412 e. The van der Waals surface area contributed by atoms with E-state index in [0.717, 1.165) is 5.25 Å². The molecule has 92 valence electrons. The summed E-state index contributed by atoms with van der Waals surface area (Å²) in [6.45, 7) is 15.0. The molecule has 0 aromatic heterocycles. The Bertz CT molecular complexity index is 135. The summed E-state index contributed by atoms with van der Waals surface area (Å²) in [6.07, 6.45) is 2.70. The largest absolute Gasteiger partial charge is 0.299 e. The number of thioether (sulfide) groups is 1. The van der Waals surface area contributed by atoms with Crippen LogP contribution in [-0.2, 0) is 0 Å². The molecule has 1 nitrogen and oxygen atoms in total. The molecule has 0 unspecified atom stereocenters. The van der Waals surface area contributed by atoms with Crippen molar-refractivity contribution in [2.24, 2.45) is 0 Å². The Balaban J connectivity index is 3.55. The van der Waals surface area contributed by atoms with Crippen molar-refractivity contribution in [3.63, 3.8) is 0 Å². The summed E-state index contributed by atoms with van der Waals surface area (Å²) in [5.41, 5.74) is 0. The Kier molecular flexibility index (Phi) is 8.64. The fourth-order valence-corrected chi connectivity index (χ4v) is 2.67. The van der Waals surface area contributed by atoms with E-state index in [-0.39, 0.29) is 0 Å². The van der Waals surface area contributed by atoms with E-state index in [2.05, 4.69) is 58.2 Å². The molecular weight excluding hydrogens is 202 g/mol. The zero-order chi connectivity index (χ0) is 11.8. The van der Waals surface area contributed by atoms with Crippen molar-refractivity contribution in [2.75, 3.05) is 12.3 Å². The van der Waals surface area contributed by atoms with Gasteiger partial charge in [0.15, 0.2) is 0 Å². The van der Waals surface area contributed by atoms with Crippen LogP contribution in [0.15, 0.2) is 0 Å². The molecule has 0 aromatic rings. The van der Waals surface area contributed by atoms with E-state index in [1.54, 1.807) is 0 Å². The van der Waals surface area contributed by atoms with Gasteiger partial charge in [0.2, 0.25) is 0 Å². The molecule has 0 N–H and O–H groups in total. The van der Waals surface area contributed by atoms with Crippen LogP contribution in [0.3, 0.4) is 0 Å². The first kappa shape index (κ1) is 15.3. The third-order valence-corrected chi connectivity index (χ3v) is 3.78. The molecule has 0 spiro atoms. The quantitative estimate of drug-likeness (QED) is 0.580. The van der Waals surface area contributed by atoms with Crippen LogP contribution < -0.4 is 0 Å². The second-order valence-corrected chi connectivity index (χ2v) is 6.74. The van der Waals surface area contributed by atoms with Crippen LogP contribution in [0.2, 0.25) is 0 Å². The van der Waals surface area contributed by atoms with E-state index >= 15 is 0 Å². The van der Waals surface area contributed by atoms with Gasteiger partial charge >= 0.3 is 0 Å². The lowest BCUT2D eigenvalue weighted by Gasteiger charge is -2.30. The van der Waals surface area contributed by atoms with E-state index in [4.69, 9.17) is 0 Å². The van der Waals surface area contributed by atoms with Gasteiger partial charge in [0.05, 0.1) is 0 Å². The summed E-state index contributed by atoms with van der Waals surface area (Å²) in [5, 5.41) is 0.788. The summed E-state index contributed by atoms with van der Waals surface area (Å²) >= 11 is 2.08. The Morgan fingerprint density at radius 2 is 1.40 bits per heavy atom. The Labute approximate surface area is 101 Å². The molecule has 0 aliphatic rings. The van der Waals surface area contributed by atoms with Crippen LogP contribution >= 0.6 is 11.8 Å². The van der Waals surface area contributed by atoms with Gasteiger partial charge in [-0.05, 0) is 58.1 Å². The number of nitrogens with zero attached hydrogens (tertiary/aromatic N) is 1.